The molecule has 0 spiro atoms. The number of rotatable bonds is 2. The number of nitrogens with one attached hydrogen (secondary N) is 1. The average Bonchev–Trinajstić information content (AvgIpc) is 1.87. The smallest absolute Gasteiger partial charge is 0.251 e. The van der Waals surface area contributed by atoms with Crippen LogP contribution in [0.1, 0.15) is 6.92 Å². The van der Waals surface area contributed by atoms with Crippen molar-refractivity contribution in [1.29, 1.82) is 5.26 Å². The Hall–Kier alpha value is -1.27. The normalized spacial score (nSPS) is 10.1. The lowest BCUT2D eigenvalue weighted by molar-refractivity contribution is -0.116. The molecule has 0 aliphatic carbocycles. The Balaban J connectivity index is 4.09. The van der Waals surface area contributed by atoms with Crippen LogP contribution in [-0.4, -0.2) is 5.91 Å². The van der Waals surface area contributed by atoms with Gasteiger partial charge in [0.15, 0.2) is 0 Å². The summed E-state index contributed by atoms with van der Waals surface area (Å²) in [5.41, 5.74) is 0.342. The average molecular weight is 171 g/mol. The van der Waals surface area contributed by atoms with Crippen LogP contribution in [0.2, 0.25) is 0 Å². The maximum absolute atomic E-state index is 10.8. The van der Waals surface area contributed by atoms with E-state index in [1.165, 1.54) is 0 Å². The summed E-state index contributed by atoms with van der Waals surface area (Å²) < 4.78 is 0. The molecule has 1 N–H and O–H groups in total. The molecule has 0 radical (unpaired) electrons. The van der Waals surface area contributed by atoms with Crippen LogP contribution < -0.4 is 5.32 Å². The SMILES string of the molecule is C=C(C)C(=O)NC(Cl)=CC#N. The first kappa shape index (κ1) is 9.73. The molecule has 0 saturated heterocycles. The van der Waals surface area contributed by atoms with Crippen LogP contribution in [0.5, 0.6) is 0 Å². The quantitative estimate of drug-likeness (QED) is 0.386. The third-order valence-electron chi connectivity index (χ3n) is 0.812. The Morgan fingerprint density at radius 3 is 2.73 bits per heavy atom. The topological polar surface area (TPSA) is 52.9 Å². The number of halogens is 1. The van der Waals surface area contributed by atoms with Crippen molar-refractivity contribution in [3.05, 3.63) is 23.4 Å². The number of nitriles is 1. The molecule has 0 aliphatic heterocycles. The second-order valence-corrected chi connectivity index (χ2v) is 2.26. The van der Waals surface area contributed by atoms with Crippen molar-refractivity contribution in [2.45, 2.75) is 6.92 Å². The van der Waals surface area contributed by atoms with Gasteiger partial charge in [0, 0.05) is 5.57 Å². The lowest BCUT2D eigenvalue weighted by Crippen LogP contribution is -2.20. The van der Waals surface area contributed by atoms with E-state index in [-0.39, 0.29) is 11.1 Å². The first-order chi connectivity index (χ1) is 5.07. The number of hydrogen-bond acceptors (Lipinski definition) is 2. The van der Waals surface area contributed by atoms with E-state index in [0.29, 0.717) is 5.57 Å². The van der Waals surface area contributed by atoms with E-state index in [1.807, 2.05) is 0 Å². The van der Waals surface area contributed by atoms with Crippen LogP contribution in [0.4, 0.5) is 0 Å². The first-order valence-electron chi connectivity index (χ1n) is 2.80. The standard InChI is InChI=1S/C7H7ClN2O/c1-5(2)7(11)10-6(8)3-4-9/h3H,1H2,2H3,(H,10,11). The molecule has 0 heterocycles. The Morgan fingerprint density at radius 1 is 1.82 bits per heavy atom. The molecule has 3 nitrogen and oxygen atoms in total. The Bertz CT molecular complexity index is 250. The number of amides is 1. The van der Waals surface area contributed by atoms with Gasteiger partial charge in [-0.25, -0.2) is 0 Å². The van der Waals surface area contributed by atoms with E-state index in [1.54, 1.807) is 13.0 Å². The summed E-state index contributed by atoms with van der Waals surface area (Å²) in [4.78, 5) is 10.8. The van der Waals surface area contributed by atoms with Gasteiger partial charge < -0.3 is 5.32 Å². The fourth-order valence-electron chi connectivity index (χ4n) is 0.308. The fourth-order valence-corrected chi connectivity index (χ4v) is 0.443. The van der Waals surface area contributed by atoms with Crippen molar-refractivity contribution in [2.24, 2.45) is 0 Å². The molecule has 0 aromatic heterocycles. The summed E-state index contributed by atoms with van der Waals surface area (Å²) in [5.74, 6) is -0.387. The third kappa shape index (κ3) is 4.18. The van der Waals surface area contributed by atoms with E-state index in [4.69, 9.17) is 16.9 Å². The number of nitrogens with zero attached hydrogens (tertiary/aromatic N) is 1. The molecule has 1 amide bonds. The number of carbonyl (C=O) groups excluding carboxylic acids is 1. The van der Waals surface area contributed by atoms with Gasteiger partial charge in [-0.05, 0) is 6.92 Å². The maximum Gasteiger partial charge on any atom is 0.251 e. The largest absolute Gasteiger partial charge is 0.312 e. The molecule has 0 fully saturated rings. The van der Waals surface area contributed by atoms with Crippen molar-refractivity contribution in [1.82, 2.24) is 5.32 Å². The molecule has 0 saturated carbocycles. The second-order valence-electron chi connectivity index (χ2n) is 1.86. The van der Waals surface area contributed by atoms with Crippen molar-refractivity contribution in [3.8, 4) is 6.07 Å². The summed E-state index contributed by atoms with van der Waals surface area (Å²) in [6.45, 7) is 4.93. The van der Waals surface area contributed by atoms with Crippen LogP contribution in [0.15, 0.2) is 23.4 Å². The lowest BCUT2D eigenvalue weighted by atomic mass is 10.3. The summed E-state index contributed by atoms with van der Waals surface area (Å²) in [7, 11) is 0. The van der Waals surface area contributed by atoms with E-state index in [2.05, 4.69) is 11.9 Å². The highest BCUT2D eigenvalue weighted by Crippen LogP contribution is 1.96. The first-order valence-corrected chi connectivity index (χ1v) is 3.18. The molecule has 0 aliphatic rings. The molecule has 4 heteroatoms. The van der Waals surface area contributed by atoms with Crippen LogP contribution in [0.25, 0.3) is 0 Å². The molecule has 0 bridgehead atoms. The predicted molar refractivity (Wildman–Crippen MR) is 42.5 cm³/mol. The molecule has 0 aromatic rings. The molecule has 11 heavy (non-hydrogen) atoms. The van der Waals surface area contributed by atoms with Gasteiger partial charge in [-0.1, -0.05) is 18.2 Å². The van der Waals surface area contributed by atoms with E-state index < -0.39 is 0 Å². The molecule has 0 unspecified atom stereocenters. The summed E-state index contributed by atoms with van der Waals surface area (Å²) in [6, 6.07) is 1.67. The number of allylic oxidation sites excluding steroid dienone is 1. The van der Waals surface area contributed by atoms with Crippen LogP contribution in [0.3, 0.4) is 0 Å². The van der Waals surface area contributed by atoms with Gasteiger partial charge in [0.25, 0.3) is 5.91 Å². The van der Waals surface area contributed by atoms with Gasteiger partial charge in [0.1, 0.15) is 5.16 Å². The van der Waals surface area contributed by atoms with E-state index >= 15 is 0 Å². The highest BCUT2D eigenvalue weighted by atomic mass is 35.5. The molecular formula is C7H7ClN2O. The molecular weight excluding hydrogens is 164 g/mol. The van der Waals surface area contributed by atoms with Crippen molar-refractivity contribution in [2.75, 3.05) is 0 Å². The van der Waals surface area contributed by atoms with Crippen LogP contribution >= 0.6 is 11.6 Å². The number of hydrogen-bond donors (Lipinski definition) is 1. The van der Waals surface area contributed by atoms with Gasteiger partial charge in [-0.3, -0.25) is 4.79 Å². The molecule has 0 rings (SSSR count). The Labute approximate surface area is 70.0 Å². The number of carbonyl (C=O) groups is 1. The van der Waals surface area contributed by atoms with Gasteiger partial charge in [-0.2, -0.15) is 5.26 Å². The zero-order chi connectivity index (χ0) is 8.85. The zero-order valence-corrected chi connectivity index (χ0v) is 6.77. The highest BCUT2D eigenvalue weighted by Gasteiger charge is 2.01. The summed E-state index contributed by atoms with van der Waals surface area (Å²) in [6.07, 6.45) is 1.03. The monoisotopic (exact) mass is 170 g/mol. The second kappa shape index (κ2) is 4.53. The molecule has 0 atom stereocenters. The van der Waals surface area contributed by atoms with Gasteiger partial charge >= 0.3 is 0 Å². The van der Waals surface area contributed by atoms with Crippen LogP contribution in [0, 0.1) is 11.3 Å². The lowest BCUT2D eigenvalue weighted by Gasteiger charge is -1.99. The minimum atomic E-state index is -0.387. The predicted octanol–water partition coefficient (Wildman–Crippen LogP) is 1.28. The maximum atomic E-state index is 10.8. The molecule has 0 aromatic carbocycles. The van der Waals surface area contributed by atoms with E-state index in [0.717, 1.165) is 6.08 Å². The Morgan fingerprint density at radius 2 is 2.36 bits per heavy atom. The third-order valence-corrected chi connectivity index (χ3v) is 1.02. The van der Waals surface area contributed by atoms with Crippen molar-refractivity contribution < 1.29 is 4.79 Å². The Kier molecular flexibility index (Phi) is 4.01. The molecule has 58 valence electrons. The highest BCUT2D eigenvalue weighted by molar-refractivity contribution is 6.30. The van der Waals surface area contributed by atoms with E-state index in [9.17, 15) is 4.79 Å². The summed E-state index contributed by atoms with van der Waals surface area (Å²) >= 11 is 5.39. The van der Waals surface area contributed by atoms with Gasteiger partial charge in [-0.15, -0.1) is 0 Å². The zero-order valence-electron chi connectivity index (χ0n) is 6.02. The van der Waals surface area contributed by atoms with Crippen molar-refractivity contribution in [3.63, 3.8) is 0 Å². The van der Waals surface area contributed by atoms with Gasteiger partial charge in [0.2, 0.25) is 0 Å². The van der Waals surface area contributed by atoms with Crippen molar-refractivity contribution >= 4 is 17.5 Å². The summed E-state index contributed by atoms with van der Waals surface area (Å²) in [5, 5.41) is 10.3. The minimum Gasteiger partial charge on any atom is -0.312 e. The van der Waals surface area contributed by atoms with Crippen LogP contribution in [-0.2, 0) is 4.79 Å². The van der Waals surface area contributed by atoms with Gasteiger partial charge in [0.05, 0.1) is 12.1 Å². The minimum absolute atomic E-state index is 0.000463. The fraction of sp³-hybridized carbons (Fsp3) is 0.143.